The summed E-state index contributed by atoms with van der Waals surface area (Å²) in [6, 6.07) is 1.98. The highest BCUT2D eigenvalue weighted by atomic mass is 16.5. The molecule has 4 nitrogen and oxygen atoms in total. The molecule has 0 aromatic carbocycles. The third-order valence-electron chi connectivity index (χ3n) is 2.64. The van der Waals surface area contributed by atoms with Crippen molar-refractivity contribution in [3.05, 3.63) is 23.5 Å². The molecule has 1 N–H and O–H groups in total. The van der Waals surface area contributed by atoms with Crippen molar-refractivity contribution in [2.75, 3.05) is 26.4 Å². The van der Waals surface area contributed by atoms with Crippen LogP contribution in [0.2, 0.25) is 0 Å². The zero-order valence-electron chi connectivity index (χ0n) is 12.5. The van der Waals surface area contributed by atoms with Gasteiger partial charge in [0.2, 0.25) is 0 Å². The zero-order valence-corrected chi connectivity index (χ0v) is 12.5. The topological polar surface area (TPSA) is 43.4 Å². The minimum absolute atomic E-state index is 0.578. The lowest BCUT2D eigenvalue weighted by Crippen LogP contribution is -2.20. The summed E-state index contributed by atoms with van der Waals surface area (Å²) in [6.07, 6.45) is 1.89. The van der Waals surface area contributed by atoms with Crippen LogP contribution in [-0.2, 0) is 11.3 Å². The number of nitrogens with zero attached hydrogens (tertiary/aromatic N) is 1. The van der Waals surface area contributed by atoms with E-state index in [4.69, 9.17) is 9.47 Å². The normalized spacial score (nSPS) is 11.0. The second-order valence-electron chi connectivity index (χ2n) is 5.00. The standard InChI is InChI=1S/C15H26N2O2/c1-5-18-6-7-19-15-8-13(4)17-11-14(15)10-16-9-12(2)3/h8,11-12,16H,5-7,9-10H2,1-4H3. The van der Waals surface area contributed by atoms with Crippen molar-refractivity contribution in [2.24, 2.45) is 5.92 Å². The Morgan fingerprint density at radius 1 is 1.32 bits per heavy atom. The lowest BCUT2D eigenvalue weighted by molar-refractivity contribution is 0.109. The van der Waals surface area contributed by atoms with Crippen molar-refractivity contribution in [2.45, 2.75) is 34.2 Å². The molecule has 0 amide bonds. The predicted octanol–water partition coefficient (Wildman–Crippen LogP) is 2.55. The Morgan fingerprint density at radius 3 is 2.79 bits per heavy atom. The van der Waals surface area contributed by atoms with E-state index < -0.39 is 0 Å². The number of hydrogen-bond acceptors (Lipinski definition) is 4. The van der Waals surface area contributed by atoms with Gasteiger partial charge in [0, 0.05) is 36.7 Å². The van der Waals surface area contributed by atoms with Crippen molar-refractivity contribution >= 4 is 0 Å². The van der Waals surface area contributed by atoms with Crippen molar-refractivity contribution < 1.29 is 9.47 Å². The minimum atomic E-state index is 0.578. The lowest BCUT2D eigenvalue weighted by atomic mass is 10.2. The van der Waals surface area contributed by atoms with Gasteiger partial charge in [0.25, 0.3) is 0 Å². The van der Waals surface area contributed by atoms with E-state index in [0.717, 1.165) is 36.7 Å². The number of rotatable bonds is 9. The highest BCUT2D eigenvalue weighted by molar-refractivity contribution is 5.32. The second-order valence-corrected chi connectivity index (χ2v) is 5.00. The maximum atomic E-state index is 5.77. The molecule has 4 heteroatoms. The fourth-order valence-electron chi connectivity index (χ4n) is 1.68. The first kappa shape index (κ1) is 15.9. The molecule has 0 saturated carbocycles. The fourth-order valence-corrected chi connectivity index (χ4v) is 1.68. The van der Waals surface area contributed by atoms with Crippen molar-refractivity contribution in [1.29, 1.82) is 0 Å². The highest BCUT2D eigenvalue weighted by Gasteiger charge is 2.05. The van der Waals surface area contributed by atoms with Gasteiger partial charge in [0.05, 0.1) is 6.61 Å². The first-order valence-corrected chi connectivity index (χ1v) is 7.00. The van der Waals surface area contributed by atoms with Crippen molar-refractivity contribution in [1.82, 2.24) is 10.3 Å². The van der Waals surface area contributed by atoms with Crippen LogP contribution in [0.15, 0.2) is 12.3 Å². The SMILES string of the molecule is CCOCCOc1cc(C)ncc1CNCC(C)C. The van der Waals surface area contributed by atoms with E-state index in [0.29, 0.717) is 19.1 Å². The maximum absolute atomic E-state index is 5.77. The van der Waals surface area contributed by atoms with E-state index in [9.17, 15) is 0 Å². The Kier molecular flexibility index (Phi) is 7.45. The van der Waals surface area contributed by atoms with E-state index in [1.165, 1.54) is 0 Å². The number of hydrogen-bond donors (Lipinski definition) is 1. The second kappa shape index (κ2) is 8.88. The van der Waals surface area contributed by atoms with Crippen molar-refractivity contribution in [3.8, 4) is 5.75 Å². The molecular formula is C15H26N2O2. The summed E-state index contributed by atoms with van der Waals surface area (Å²) >= 11 is 0. The summed E-state index contributed by atoms with van der Waals surface area (Å²) in [6.45, 7) is 12.0. The van der Waals surface area contributed by atoms with E-state index in [1.807, 2.05) is 26.1 Å². The average Bonchev–Trinajstić information content (AvgIpc) is 2.36. The van der Waals surface area contributed by atoms with Crippen LogP contribution in [0, 0.1) is 12.8 Å². The molecule has 0 aliphatic carbocycles. The number of aromatic nitrogens is 1. The van der Waals surface area contributed by atoms with Gasteiger partial charge in [-0.05, 0) is 26.3 Å². The largest absolute Gasteiger partial charge is 0.491 e. The smallest absolute Gasteiger partial charge is 0.127 e. The molecule has 0 radical (unpaired) electrons. The Labute approximate surface area is 116 Å². The molecule has 108 valence electrons. The number of aryl methyl sites for hydroxylation is 1. The van der Waals surface area contributed by atoms with Gasteiger partial charge in [-0.1, -0.05) is 13.8 Å². The molecule has 1 rings (SSSR count). The molecule has 19 heavy (non-hydrogen) atoms. The van der Waals surface area contributed by atoms with Crippen LogP contribution in [0.4, 0.5) is 0 Å². The van der Waals surface area contributed by atoms with E-state index >= 15 is 0 Å². The highest BCUT2D eigenvalue weighted by Crippen LogP contribution is 2.18. The van der Waals surface area contributed by atoms with Crippen LogP contribution in [0.5, 0.6) is 5.75 Å². The zero-order chi connectivity index (χ0) is 14.1. The third-order valence-corrected chi connectivity index (χ3v) is 2.64. The first-order chi connectivity index (χ1) is 9.13. The Balaban J connectivity index is 2.53. The van der Waals surface area contributed by atoms with Gasteiger partial charge in [-0.2, -0.15) is 0 Å². The molecule has 0 atom stereocenters. The average molecular weight is 266 g/mol. The summed E-state index contributed by atoms with van der Waals surface area (Å²) in [5.41, 5.74) is 2.07. The monoisotopic (exact) mass is 266 g/mol. The van der Waals surface area contributed by atoms with Crippen LogP contribution >= 0.6 is 0 Å². The van der Waals surface area contributed by atoms with E-state index in [-0.39, 0.29) is 0 Å². The molecule has 0 aliphatic rings. The molecule has 0 spiro atoms. The molecular weight excluding hydrogens is 240 g/mol. The molecule has 0 bridgehead atoms. The van der Waals surface area contributed by atoms with Crippen molar-refractivity contribution in [3.63, 3.8) is 0 Å². The molecule has 1 heterocycles. The summed E-state index contributed by atoms with van der Waals surface area (Å²) in [5.74, 6) is 1.55. The Bertz CT molecular complexity index is 367. The fraction of sp³-hybridized carbons (Fsp3) is 0.667. The third kappa shape index (κ3) is 6.55. The quantitative estimate of drug-likeness (QED) is 0.698. The van der Waals surface area contributed by atoms with Gasteiger partial charge in [0.15, 0.2) is 0 Å². The van der Waals surface area contributed by atoms with Gasteiger partial charge >= 0.3 is 0 Å². The molecule has 1 aromatic rings. The molecule has 0 fully saturated rings. The van der Waals surface area contributed by atoms with Crippen LogP contribution in [0.1, 0.15) is 32.0 Å². The summed E-state index contributed by atoms with van der Waals surface area (Å²) in [7, 11) is 0. The van der Waals surface area contributed by atoms with Crippen LogP contribution in [0.3, 0.4) is 0 Å². The van der Waals surface area contributed by atoms with Gasteiger partial charge in [-0.3, -0.25) is 4.98 Å². The number of ether oxygens (including phenoxy) is 2. The number of nitrogens with one attached hydrogen (secondary N) is 1. The first-order valence-electron chi connectivity index (χ1n) is 7.00. The Morgan fingerprint density at radius 2 is 2.11 bits per heavy atom. The van der Waals surface area contributed by atoms with Gasteiger partial charge in [0.1, 0.15) is 12.4 Å². The molecule has 0 unspecified atom stereocenters. The van der Waals surface area contributed by atoms with Crippen LogP contribution in [-0.4, -0.2) is 31.3 Å². The molecule has 0 aliphatic heterocycles. The molecule has 1 aromatic heterocycles. The lowest BCUT2D eigenvalue weighted by Gasteiger charge is -2.13. The Hall–Kier alpha value is -1.13. The van der Waals surface area contributed by atoms with E-state index in [2.05, 4.69) is 24.1 Å². The summed E-state index contributed by atoms with van der Waals surface area (Å²) in [5, 5.41) is 3.41. The minimum Gasteiger partial charge on any atom is -0.491 e. The van der Waals surface area contributed by atoms with Gasteiger partial charge in [-0.15, -0.1) is 0 Å². The van der Waals surface area contributed by atoms with E-state index in [1.54, 1.807) is 0 Å². The van der Waals surface area contributed by atoms with Crippen LogP contribution < -0.4 is 10.1 Å². The summed E-state index contributed by atoms with van der Waals surface area (Å²) in [4.78, 5) is 4.33. The predicted molar refractivity (Wildman–Crippen MR) is 77.5 cm³/mol. The van der Waals surface area contributed by atoms with Crippen LogP contribution in [0.25, 0.3) is 0 Å². The maximum Gasteiger partial charge on any atom is 0.127 e. The molecule has 0 saturated heterocycles. The summed E-state index contributed by atoms with van der Waals surface area (Å²) < 4.78 is 11.1. The number of pyridine rings is 1. The van der Waals surface area contributed by atoms with Gasteiger partial charge < -0.3 is 14.8 Å². The van der Waals surface area contributed by atoms with Gasteiger partial charge in [-0.25, -0.2) is 0 Å².